The van der Waals surface area contributed by atoms with Crippen molar-refractivity contribution >= 4 is 23.0 Å². The van der Waals surface area contributed by atoms with Crippen molar-refractivity contribution in [2.24, 2.45) is 16.8 Å². The smallest absolute Gasteiger partial charge is 0.277 e. The molecule has 0 spiro atoms. The summed E-state index contributed by atoms with van der Waals surface area (Å²) < 4.78 is 2.41. The second-order valence-electron chi connectivity index (χ2n) is 11.0. The number of hydrogen-bond acceptors (Lipinski definition) is 4. The Morgan fingerprint density at radius 2 is 1.87 bits per heavy atom. The lowest BCUT2D eigenvalue weighted by atomic mass is 9.81. The van der Waals surface area contributed by atoms with E-state index in [9.17, 15) is 4.79 Å². The number of pyridine rings is 1. The first-order chi connectivity index (χ1) is 19.2. The molecule has 6 heteroatoms. The van der Waals surface area contributed by atoms with Crippen molar-refractivity contribution in [3.63, 3.8) is 0 Å². The second kappa shape index (κ2) is 11.6. The first-order valence-corrected chi connectivity index (χ1v) is 14.5. The monoisotopic (exact) mass is 519 g/mol. The predicted molar refractivity (Wildman–Crippen MR) is 157 cm³/mol. The van der Waals surface area contributed by atoms with E-state index in [1.807, 2.05) is 36.5 Å². The summed E-state index contributed by atoms with van der Waals surface area (Å²) >= 11 is 0. The Bertz CT molecular complexity index is 1460. The number of rotatable bonds is 7. The van der Waals surface area contributed by atoms with Gasteiger partial charge in [0.25, 0.3) is 5.91 Å². The van der Waals surface area contributed by atoms with E-state index >= 15 is 0 Å². The Morgan fingerprint density at radius 1 is 1.03 bits per heavy atom. The summed E-state index contributed by atoms with van der Waals surface area (Å²) in [6, 6.07) is 20.0. The molecule has 2 aromatic carbocycles. The molecule has 1 fully saturated rings. The Balaban J connectivity index is 1.00. The van der Waals surface area contributed by atoms with Gasteiger partial charge in [-0.1, -0.05) is 42.5 Å². The quantitative estimate of drug-likeness (QED) is 0.259. The molecule has 0 radical (unpaired) electrons. The summed E-state index contributed by atoms with van der Waals surface area (Å²) in [5.41, 5.74) is 5.35. The molecule has 0 N–H and O–H groups in total. The van der Waals surface area contributed by atoms with Gasteiger partial charge in [-0.15, -0.1) is 0 Å². The number of carbonyl (C=O) groups is 1. The average molecular weight is 520 g/mol. The molecule has 2 aromatic heterocycles. The van der Waals surface area contributed by atoms with Crippen LogP contribution < -0.4 is 0 Å². The molecule has 6 nitrogen and oxygen atoms in total. The van der Waals surface area contributed by atoms with Crippen molar-refractivity contribution in [2.75, 3.05) is 13.1 Å². The van der Waals surface area contributed by atoms with E-state index in [2.05, 4.69) is 56.7 Å². The van der Waals surface area contributed by atoms with Gasteiger partial charge in [0, 0.05) is 49.4 Å². The zero-order chi connectivity index (χ0) is 26.6. The maximum atomic E-state index is 12.8. The van der Waals surface area contributed by atoms with Crippen molar-refractivity contribution < 1.29 is 4.79 Å². The number of carbonyl (C=O) groups excluding carboxylic acids is 1. The van der Waals surface area contributed by atoms with E-state index in [0.717, 1.165) is 68.1 Å². The molecule has 3 heterocycles. The fourth-order valence-electron chi connectivity index (χ4n) is 6.33. The maximum Gasteiger partial charge on any atom is 0.277 e. The fraction of sp³-hybridized carbons (Fsp3) is 0.394. The van der Waals surface area contributed by atoms with E-state index in [4.69, 9.17) is 4.98 Å². The molecule has 0 unspecified atom stereocenters. The molecule has 1 aliphatic heterocycles. The molecule has 1 saturated carbocycles. The summed E-state index contributed by atoms with van der Waals surface area (Å²) in [6.45, 7) is 6.41. The number of nitrogens with zero attached hydrogens (tertiary/aromatic N) is 5. The molecule has 39 heavy (non-hydrogen) atoms. The van der Waals surface area contributed by atoms with Gasteiger partial charge in [-0.25, -0.2) is 9.98 Å². The zero-order valence-corrected chi connectivity index (χ0v) is 22.8. The van der Waals surface area contributed by atoms with Gasteiger partial charge in [-0.2, -0.15) is 0 Å². The Morgan fingerprint density at radius 3 is 2.69 bits per heavy atom. The van der Waals surface area contributed by atoms with Gasteiger partial charge in [-0.3, -0.25) is 14.7 Å². The van der Waals surface area contributed by atoms with E-state index in [1.54, 1.807) is 6.20 Å². The second-order valence-corrected chi connectivity index (χ2v) is 11.0. The predicted octanol–water partition coefficient (Wildman–Crippen LogP) is 6.58. The molecule has 4 aromatic rings. The maximum absolute atomic E-state index is 12.8. The lowest BCUT2D eigenvalue weighted by Gasteiger charge is -2.31. The SMILES string of the molecule is CCn1c(-c2ccccc2)nc2c1CN(CCC1CCC(C=NC(=O)c3cccc4ncccc34)CC1)CC2. The van der Waals surface area contributed by atoms with E-state index in [0.29, 0.717) is 11.5 Å². The van der Waals surface area contributed by atoms with Gasteiger partial charge in [0.1, 0.15) is 5.82 Å². The third-order valence-electron chi connectivity index (χ3n) is 8.57. The Kier molecular flexibility index (Phi) is 7.64. The molecule has 1 aliphatic carbocycles. The summed E-state index contributed by atoms with van der Waals surface area (Å²) in [7, 11) is 0. The first kappa shape index (κ1) is 25.6. The van der Waals surface area contributed by atoms with E-state index in [1.165, 1.54) is 36.2 Å². The van der Waals surface area contributed by atoms with Gasteiger partial charge in [0.2, 0.25) is 0 Å². The van der Waals surface area contributed by atoms with Crippen LogP contribution in [0.25, 0.3) is 22.3 Å². The first-order valence-electron chi connectivity index (χ1n) is 14.5. The van der Waals surface area contributed by atoms with E-state index < -0.39 is 0 Å². The minimum absolute atomic E-state index is 0.165. The van der Waals surface area contributed by atoms with Crippen LogP contribution in [0.1, 0.15) is 60.8 Å². The lowest BCUT2D eigenvalue weighted by Crippen LogP contribution is -2.33. The largest absolute Gasteiger partial charge is 0.327 e. The van der Waals surface area contributed by atoms with Gasteiger partial charge >= 0.3 is 0 Å². The van der Waals surface area contributed by atoms with Gasteiger partial charge in [0.15, 0.2) is 0 Å². The average Bonchev–Trinajstić information content (AvgIpc) is 3.37. The molecule has 0 atom stereocenters. The van der Waals surface area contributed by atoms with Crippen molar-refractivity contribution in [3.05, 3.63) is 83.8 Å². The number of hydrogen-bond donors (Lipinski definition) is 0. The molecule has 6 rings (SSSR count). The van der Waals surface area contributed by atoms with Crippen LogP contribution in [0.3, 0.4) is 0 Å². The summed E-state index contributed by atoms with van der Waals surface area (Å²) in [6.07, 6.45) is 10.6. The van der Waals surface area contributed by atoms with Gasteiger partial charge in [-0.05, 0) is 75.6 Å². The lowest BCUT2D eigenvalue weighted by molar-refractivity contribution is 0.100. The number of fused-ring (bicyclic) bond motifs is 2. The van der Waals surface area contributed by atoms with Crippen LogP contribution in [-0.2, 0) is 19.5 Å². The van der Waals surface area contributed by atoms with Crippen LogP contribution in [0.15, 0.2) is 71.9 Å². The number of amides is 1. The molecule has 200 valence electrons. The highest BCUT2D eigenvalue weighted by Crippen LogP contribution is 2.32. The van der Waals surface area contributed by atoms with Crippen LogP contribution in [-0.4, -0.2) is 44.6 Å². The summed E-state index contributed by atoms with van der Waals surface area (Å²) in [5.74, 6) is 2.10. The summed E-state index contributed by atoms with van der Waals surface area (Å²) in [4.78, 5) is 29.2. The summed E-state index contributed by atoms with van der Waals surface area (Å²) in [5, 5.41) is 0.869. The van der Waals surface area contributed by atoms with Crippen LogP contribution >= 0.6 is 0 Å². The Hall–Kier alpha value is -3.64. The molecule has 2 aliphatic rings. The third-order valence-corrected chi connectivity index (χ3v) is 8.57. The minimum atomic E-state index is -0.165. The number of aliphatic imine (C=N–C) groups is 1. The normalized spacial score (nSPS) is 19.9. The number of aromatic nitrogens is 3. The zero-order valence-electron chi connectivity index (χ0n) is 22.8. The van der Waals surface area contributed by atoms with Crippen LogP contribution in [0, 0.1) is 11.8 Å². The molecular weight excluding hydrogens is 482 g/mol. The topological polar surface area (TPSA) is 63.4 Å². The Labute approximate surface area is 230 Å². The van der Waals surface area contributed by atoms with Crippen molar-refractivity contribution in [1.82, 2.24) is 19.4 Å². The van der Waals surface area contributed by atoms with Gasteiger partial charge < -0.3 is 4.57 Å². The third kappa shape index (κ3) is 5.57. The van der Waals surface area contributed by atoms with Crippen LogP contribution in [0.2, 0.25) is 0 Å². The molecule has 1 amide bonds. The molecule has 0 bridgehead atoms. The van der Waals surface area contributed by atoms with Gasteiger partial charge in [0.05, 0.1) is 22.5 Å². The highest BCUT2D eigenvalue weighted by molar-refractivity contribution is 6.08. The van der Waals surface area contributed by atoms with Crippen molar-refractivity contribution in [3.8, 4) is 11.4 Å². The van der Waals surface area contributed by atoms with Crippen LogP contribution in [0.4, 0.5) is 0 Å². The molecule has 0 saturated heterocycles. The van der Waals surface area contributed by atoms with E-state index in [-0.39, 0.29) is 5.91 Å². The van der Waals surface area contributed by atoms with Crippen molar-refractivity contribution in [2.45, 2.75) is 58.5 Å². The number of benzene rings is 2. The highest BCUT2D eigenvalue weighted by atomic mass is 16.1. The minimum Gasteiger partial charge on any atom is -0.327 e. The standard InChI is InChI=1S/C33H37N5O/c1-2-38-31-23-37(21-18-30(31)36-32(38)26-8-4-3-5-9-26)20-17-24-13-15-25(16-14-24)22-35-33(39)28-10-6-12-29-27(28)11-7-19-34-29/h3-12,19,22,24-25H,2,13-18,20-21,23H2,1H3. The van der Waals surface area contributed by atoms with Crippen LogP contribution in [0.5, 0.6) is 0 Å². The number of imidazole rings is 1. The highest BCUT2D eigenvalue weighted by Gasteiger charge is 2.26. The van der Waals surface area contributed by atoms with Crippen molar-refractivity contribution in [1.29, 1.82) is 0 Å². The molecular formula is C33H37N5O. The fourth-order valence-corrected chi connectivity index (χ4v) is 6.33.